The third-order valence-corrected chi connectivity index (χ3v) is 5.64. The van der Waals surface area contributed by atoms with Crippen LogP contribution in [-0.2, 0) is 0 Å². The van der Waals surface area contributed by atoms with Gasteiger partial charge in [-0.25, -0.2) is 4.98 Å². The molecule has 1 aromatic carbocycles. The fourth-order valence-corrected chi connectivity index (χ4v) is 4.24. The van der Waals surface area contributed by atoms with E-state index in [9.17, 15) is 9.90 Å². The number of hydrogen-bond acceptors (Lipinski definition) is 5. The Hall–Kier alpha value is -2.05. The van der Waals surface area contributed by atoms with E-state index >= 15 is 0 Å². The standard InChI is InChI=1S/C19H21ClN2O4/c1-11-18(21-10-25-11)19(24)22-8-12-5-16(23)17(6-13(12)9-22)26-15-4-2-3-14(20)7-15/h2-4,7,10,12-13,16-17,23H,5-6,8-9H2,1H3/t12-,13+,16+,17+/m0/s1. The van der Waals surface area contributed by atoms with E-state index in [1.807, 2.05) is 17.0 Å². The third-order valence-electron chi connectivity index (χ3n) is 5.40. The lowest BCUT2D eigenvalue weighted by Crippen LogP contribution is -2.42. The average molecular weight is 377 g/mol. The van der Waals surface area contributed by atoms with Crippen molar-refractivity contribution in [2.45, 2.75) is 32.0 Å². The number of aryl methyl sites for hydroxylation is 1. The van der Waals surface area contributed by atoms with E-state index in [4.69, 9.17) is 20.8 Å². The monoisotopic (exact) mass is 376 g/mol. The Bertz CT molecular complexity index is 808. The fourth-order valence-electron chi connectivity index (χ4n) is 4.06. The van der Waals surface area contributed by atoms with Crippen LogP contribution in [0.5, 0.6) is 5.75 Å². The molecule has 2 aromatic rings. The van der Waals surface area contributed by atoms with E-state index in [1.165, 1.54) is 6.39 Å². The number of carbonyl (C=O) groups excluding carboxylic acids is 1. The van der Waals surface area contributed by atoms with Crippen LogP contribution < -0.4 is 4.74 Å². The Morgan fingerprint density at radius 1 is 1.35 bits per heavy atom. The number of aromatic nitrogens is 1. The van der Waals surface area contributed by atoms with Crippen LogP contribution >= 0.6 is 11.6 Å². The molecule has 7 heteroatoms. The summed E-state index contributed by atoms with van der Waals surface area (Å²) >= 11 is 6.00. The SMILES string of the molecule is Cc1ocnc1C(=O)N1C[C@H]2C[C@@H](Oc3cccc(Cl)c3)[C@H](O)C[C@H]2C1. The van der Waals surface area contributed by atoms with Gasteiger partial charge in [0.15, 0.2) is 12.1 Å². The molecule has 0 bridgehead atoms. The number of oxazole rings is 1. The molecule has 1 saturated carbocycles. The van der Waals surface area contributed by atoms with Crippen molar-refractivity contribution < 1.29 is 19.1 Å². The molecule has 138 valence electrons. The first kappa shape index (κ1) is 17.4. The molecule has 4 atom stereocenters. The molecule has 2 fully saturated rings. The number of nitrogens with zero attached hydrogens (tertiary/aromatic N) is 2. The van der Waals surface area contributed by atoms with Gasteiger partial charge in [0.05, 0.1) is 6.10 Å². The zero-order valence-corrected chi connectivity index (χ0v) is 15.2. The van der Waals surface area contributed by atoms with Gasteiger partial charge in [0, 0.05) is 18.1 Å². The van der Waals surface area contributed by atoms with Crippen LogP contribution in [0.3, 0.4) is 0 Å². The number of carbonyl (C=O) groups is 1. The largest absolute Gasteiger partial charge is 0.488 e. The molecule has 1 aliphatic heterocycles. The number of likely N-dealkylation sites (tertiary alicyclic amines) is 1. The van der Waals surface area contributed by atoms with E-state index in [2.05, 4.69) is 4.98 Å². The quantitative estimate of drug-likeness (QED) is 0.891. The van der Waals surface area contributed by atoms with E-state index in [0.29, 0.717) is 54.1 Å². The van der Waals surface area contributed by atoms with Crippen LogP contribution in [0.1, 0.15) is 29.1 Å². The predicted molar refractivity (Wildman–Crippen MR) is 95.2 cm³/mol. The molecule has 4 rings (SSSR count). The van der Waals surface area contributed by atoms with Crippen molar-refractivity contribution >= 4 is 17.5 Å². The number of benzene rings is 1. The van der Waals surface area contributed by atoms with Crippen molar-refractivity contribution in [3.63, 3.8) is 0 Å². The Kier molecular flexibility index (Phi) is 4.63. The van der Waals surface area contributed by atoms with Crippen molar-refractivity contribution in [1.82, 2.24) is 9.88 Å². The van der Waals surface area contributed by atoms with Crippen LogP contribution in [0.4, 0.5) is 0 Å². The van der Waals surface area contributed by atoms with Gasteiger partial charge >= 0.3 is 0 Å². The van der Waals surface area contributed by atoms with Gasteiger partial charge in [0.25, 0.3) is 5.91 Å². The summed E-state index contributed by atoms with van der Waals surface area (Å²) in [7, 11) is 0. The average Bonchev–Trinajstić information content (AvgIpc) is 3.20. The van der Waals surface area contributed by atoms with Crippen molar-refractivity contribution in [2.75, 3.05) is 13.1 Å². The number of aliphatic hydroxyl groups is 1. The van der Waals surface area contributed by atoms with Crippen molar-refractivity contribution in [2.24, 2.45) is 11.8 Å². The molecule has 0 unspecified atom stereocenters. The molecule has 0 spiro atoms. The van der Waals surface area contributed by atoms with Crippen LogP contribution in [0.2, 0.25) is 5.02 Å². The number of rotatable bonds is 3. The van der Waals surface area contributed by atoms with E-state index in [0.717, 1.165) is 0 Å². The van der Waals surface area contributed by atoms with Gasteiger partial charge in [-0.3, -0.25) is 4.79 Å². The number of amides is 1. The minimum Gasteiger partial charge on any atom is -0.488 e. The molecular weight excluding hydrogens is 356 g/mol. The summed E-state index contributed by atoms with van der Waals surface area (Å²) in [4.78, 5) is 18.5. The Balaban J connectivity index is 1.43. The number of ether oxygens (including phenoxy) is 1. The number of fused-ring (bicyclic) bond motifs is 1. The second-order valence-electron chi connectivity index (χ2n) is 7.14. The molecule has 1 saturated heterocycles. The summed E-state index contributed by atoms with van der Waals surface area (Å²) in [6.45, 7) is 3.02. The van der Waals surface area contributed by atoms with Crippen LogP contribution in [0.25, 0.3) is 0 Å². The Labute approximate surface area is 156 Å². The first-order valence-corrected chi connectivity index (χ1v) is 9.18. The van der Waals surface area contributed by atoms with Crippen molar-refractivity contribution in [1.29, 1.82) is 0 Å². The van der Waals surface area contributed by atoms with Gasteiger partial charge in [-0.15, -0.1) is 0 Å². The molecule has 2 heterocycles. The predicted octanol–water partition coefficient (Wildman–Crippen LogP) is 2.93. The maximum Gasteiger partial charge on any atom is 0.276 e. The molecule has 1 N–H and O–H groups in total. The maximum absolute atomic E-state index is 12.7. The number of halogens is 1. The number of hydrogen-bond donors (Lipinski definition) is 1. The van der Waals surface area contributed by atoms with Gasteiger partial charge < -0.3 is 19.2 Å². The zero-order chi connectivity index (χ0) is 18.3. The molecule has 1 aromatic heterocycles. The molecule has 1 amide bonds. The fraction of sp³-hybridized carbons (Fsp3) is 0.474. The molecule has 1 aliphatic carbocycles. The smallest absolute Gasteiger partial charge is 0.276 e. The summed E-state index contributed by atoms with van der Waals surface area (Å²) in [5, 5.41) is 11.1. The van der Waals surface area contributed by atoms with Gasteiger partial charge in [0.1, 0.15) is 17.6 Å². The van der Waals surface area contributed by atoms with Crippen molar-refractivity contribution in [3.8, 4) is 5.75 Å². The van der Waals surface area contributed by atoms with Gasteiger partial charge in [-0.1, -0.05) is 17.7 Å². The highest BCUT2D eigenvalue weighted by Gasteiger charge is 2.44. The lowest BCUT2D eigenvalue weighted by Gasteiger charge is -2.35. The lowest BCUT2D eigenvalue weighted by molar-refractivity contribution is -0.0231. The third kappa shape index (κ3) is 3.31. The second kappa shape index (κ2) is 6.93. The highest BCUT2D eigenvalue weighted by Crippen LogP contribution is 2.38. The molecular formula is C19H21ClN2O4. The Morgan fingerprint density at radius 3 is 2.81 bits per heavy atom. The first-order valence-electron chi connectivity index (χ1n) is 8.81. The topological polar surface area (TPSA) is 75.8 Å². The van der Waals surface area contributed by atoms with Crippen LogP contribution in [0.15, 0.2) is 35.1 Å². The Morgan fingerprint density at radius 2 is 2.12 bits per heavy atom. The van der Waals surface area contributed by atoms with Crippen molar-refractivity contribution in [3.05, 3.63) is 47.1 Å². The van der Waals surface area contributed by atoms with Gasteiger partial charge in [-0.05, 0) is 49.8 Å². The maximum atomic E-state index is 12.7. The zero-order valence-electron chi connectivity index (χ0n) is 14.5. The van der Waals surface area contributed by atoms with E-state index in [1.54, 1.807) is 19.1 Å². The summed E-state index contributed by atoms with van der Waals surface area (Å²) in [6.07, 6.45) is 1.78. The van der Waals surface area contributed by atoms with Crippen LogP contribution in [0, 0.1) is 18.8 Å². The molecule has 2 aliphatic rings. The normalized spacial score (nSPS) is 28.0. The van der Waals surface area contributed by atoms with E-state index < -0.39 is 6.10 Å². The van der Waals surface area contributed by atoms with Gasteiger partial charge in [-0.2, -0.15) is 0 Å². The highest BCUT2D eigenvalue weighted by atomic mass is 35.5. The number of aliphatic hydroxyl groups excluding tert-OH is 1. The highest BCUT2D eigenvalue weighted by molar-refractivity contribution is 6.30. The summed E-state index contributed by atoms with van der Waals surface area (Å²) in [6, 6.07) is 7.20. The minimum atomic E-state index is -0.556. The van der Waals surface area contributed by atoms with Gasteiger partial charge in [0.2, 0.25) is 0 Å². The molecule has 6 nitrogen and oxygen atoms in total. The molecule has 0 radical (unpaired) electrons. The summed E-state index contributed by atoms with van der Waals surface area (Å²) in [5.74, 6) is 1.67. The summed E-state index contributed by atoms with van der Waals surface area (Å²) in [5.41, 5.74) is 0.371. The lowest BCUT2D eigenvalue weighted by atomic mass is 9.78. The second-order valence-corrected chi connectivity index (χ2v) is 7.58. The van der Waals surface area contributed by atoms with E-state index in [-0.39, 0.29) is 17.9 Å². The van der Waals surface area contributed by atoms with Crippen LogP contribution in [-0.4, -0.2) is 46.2 Å². The molecule has 26 heavy (non-hydrogen) atoms. The summed E-state index contributed by atoms with van der Waals surface area (Å²) < 4.78 is 11.1. The first-order chi connectivity index (χ1) is 12.5. The minimum absolute atomic E-state index is 0.104.